The molecule has 1 aromatic carbocycles. The molecular formula is C14H12N2O3S. The van der Waals surface area contributed by atoms with Crippen molar-refractivity contribution in [2.75, 3.05) is 6.54 Å². The number of nitrogens with two attached hydrogens (primary N) is 1. The Balaban J connectivity index is 2.08. The van der Waals surface area contributed by atoms with Gasteiger partial charge in [0.25, 0.3) is 11.1 Å². The van der Waals surface area contributed by atoms with Crippen LogP contribution in [0.5, 0.6) is 0 Å². The lowest BCUT2D eigenvalue weighted by Gasteiger charge is -2.08. The maximum Gasteiger partial charge on any atom is 0.294 e. The van der Waals surface area contributed by atoms with E-state index in [0.29, 0.717) is 0 Å². The zero-order valence-corrected chi connectivity index (χ0v) is 11.3. The molecule has 6 heteroatoms. The van der Waals surface area contributed by atoms with Gasteiger partial charge in [0.15, 0.2) is 0 Å². The number of thioether (sulfide) groups is 1. The van der Waals surface area contributed by atoms with Crippen LogP contribution >= 0.6 is 11.8 Å². The Bertz CT molecular complexity index is 608. The molecule has 5 nitrogen and oxygen atoms in total. The predicted molar refractivity (Wildman–Crippen MR) is 77.5 cm³/mol. The number of imide groups is 1. The highest BCUT2D eigenvalue weighted by molar-refractivity contribution is 8.18. The summed E-state index contributed by atoms with van der Waals surface area (Å²) in [5, 5.41) is -0.479. The van der Waals surface area contributed by atoms with E-state index in [1.54, 1.807) is 12.2 Å². The smallest absolute Gasteiger partial charge is 0.294 e. The van der Waals surface area contributed by atoms with Crippen LogP contribution in [0.1, 0.15) is 5.56 Å². The van der Waals surface area contributed by atoms with Crippen molar-refractivity contribution in [3.8, 4) is 0 Å². The Kier molecular flexibility index (Phi) is 4.37. The first-order valence-electron chi connectivity index (χ1n) is 5.83. The maximum atomic E-state index is 11.9. The molecule has 2 rings (SSSR count). The minimum Gasteiger partial charge on any atom is -0.368 e. The number of carbonyl (C=O) groups is 3. The van der Waals surface area contributed by atoms with E-state index in [1.807, 2.05) is 36.4 Å². The van der Waals surface area contributed by atoms with Gasteiger partial charge in [0, 0.05) is 0 Å². The van der Waals surface area contributed by atoms with Crippen molar-refractivity contribution < 1.29 is 14.4 Å². The SMILES string of the molecule is NC(=O)CN1C(=O)S/C(=C\C=C\c2ccccc2)C1=O. The van der Waals surface area contributed by atoms with Crippen LogP contribution in [0.2, 0.25) is 0 Å². The summed E-state index contributed by atoms with van der Waals surface area (Å²) in [5.74, 6) is -1.20. The van der Waals surface area contributed by atoms with Crippen LogP contribution in [0.4, 0.5) is 4.79 Å². The van der Waals surface area contributed by atoms with Gasteiger partial charge in [-0.1, -0.05) is 42.5 Å². The highest BCUT2D eigenvalue weighted by atomic mass is 32.2. The van der Waals surface area contributed by atoms with E-state index in [-0.39, 0.29) is 11.4 Å². The molecule has 3 amide bonds. The highest BCUT2D eigenvalue weighted by Gasteiger charge is 2.35. The minimum atomic E-state index is -0.714. The van der Waals surface area contributed by atoms with Crippen molar-refractivity contribution in [2.45, 2.75) is 0 Å². The fourth-order valence-electron chi connectivity index (χ4n) is 1.62. The highest BCUT2D eigenvalue weighted by Crippen LogP contribution is 2.30. The molecule has 0 bridgehead atoms. The van der Waals surface area contributed by atoms with Gasteiger partial charge in [-0.05, 0) is 23.4 Å². The van der Waals surface area contributed by atoms with E-state index in [2.05, 4.69) is 0 Å². The van der Waals surface area contributed by atoms with Crippen molar-refractivity contribution in [1.82, 2.24) is 4.90 Å². The van der Waals surface area contributed by atoms with Gasteiger partial charge >= 0.3 is 0 Å². The second kappa shape index (κ2) is 6.21. The summed E-state index contributed by atoms with van der Waals surface area (Å²) in [4.78, 5) is 35.3. The lowest BCUT2D eigenvalue weighted by molar-refractivity contribution is -0.128. The van der Waals surface area contributed by atoms with Gasteiger partial charge in [0.2, 0.25) is 5.91 Å². The molecule has 1 aliphatic heterocycles. The van der Waals surface area contributed by atoms with Crippen LogP contribution in [0.3, 0.4) is 0 Å². The third-order valence-electron chi connectivity index (χ3n) is 2.52. The summed E-state index contributed by atoms with van der Waals surface area (Å²) >= 11 is 0.798. The molecule has 1 heterocycles. The summed E-state index contributed by atoms with van der Waals surface area (Å²) < 4.78 is 0. The summed E-state index contributed by atoms with van der Waals surface area (Å²) in [6.07, 6.45) is 5.07. The Morgan fingerprint density at radius 2 is 1.95 bits per heavy atom. The number of hydrogen-bond donors (Lipinski definition) is 1. The minimum absolute atomic E-state index is 0.281. The van der Waals surface area contributed by atoms with Gasteiger partial charge < -0.3 is 5.73 Å². The molecule has 1 fully saturated rings. The third-order valence-corrected chi connectivity index (χ3v) is 3.45. The van der Waals surface area contributed by atoms with E-state index in [0.717, 1.165) is 22.2 Å². The Morgan fingerprint density at radius 3 is 2.60 bits per heavy atom. The number of nitrogens with zero attached hydrogens (tertiary/aromatic N) is 1. The van der Waals surface area contributed by atoms with Gasteiger partial charge in [-0.15, -0.1) is 0 Å². The van der Waals surface area contributed by atoms with Crippen LogP contribution in [0.25, 0.3) is 6.08 Å². The summed E-state index contributed by atoms with van der Waals surface area (Å²) in [7, 11) is 0. The van der Waals surface area contributed by atoms with Crippen LogP contribution in [0, 0.1) is 0 Å². The van der Waals surface area contributed by atoms with Crippen molar-refractivity contribution in [3.63, 3.8) is 0 Å². The fourth-order valence-corrected chi connectivity index (χ4v) is 2.41. The first-order valence-corrected chi connectivity index (χ1v) is 6.65. The molecule has 1 aromatic rings. The average Bonchev–Trinajstić information content (AvgIpc) is 2.67. The lowest BCUT2D eigenvalue weighted by atomic mass is 10.2. The van der Waals surface area contributed by atoms with Crippen molar-refractivity contribution in [2.24, 2.45) is 5.73 Å². The van der Waals surface area contributed by atoms with Gasteiger partial charge in [0.05, 0.1) is 4.91 Å². The molecule has 2 N–H and O–H groups in total. The number of hydrogen-bond acceptors (Lipinski definition) is 4. The molecule has 0 saturated carbocycles. The van der Waals surface area contributed by atoms with E-state index in [1.165, 1.54) is 0 Å². The summed E-state index contributed by atoms with van der Waals surface area (Å²) in [6, 6.07) is 9.56. The monoisotopic (exact) mass is 288 g/mol. The molecule has 0 atom stereocenters. The number of carbonyl (C=O) groups excluding carboxylic acids is 3. The largest absolute Gasteiger partial charge is 0.368 e. The molecule has 0 radical (unpaired) electrons. The number of benzene rings is 1. The van der Waals surface area contributed by atoms with Gasteiger partial charge in [-0.3, -0.25) is 19.3 Å². The first-order chi connectivity index (χ1) is 9.58. The zero-order chi connectivity index (χ0) is 14.5. The van der Waals surface area contributed by atoms with Crippen LogP contribution in [0.15, 0.2) is 47.4 Å². The Hall–Kier alpha value is -2.34. The summed E-state index contributed by atoms with van der Waals surface area (Å²) in [6.45, 7) is -0.385. The van der Waals surface area contributed by atoms with E-state index < -0.39 is 17.1 Å². The van der Waals surface area contributed by atoms with Gasteiger partial charge in [-0.2, -0.15) is 0 Å². The number of primary amides is 1. The zero-order valence-electron chi connectivity index (χ0n) is 10.5. The van der Waals surface area contributed by atoms with Crippen LogP contribution in [-0.4, -0.2) is 28.5 Å². The van der Waals surface area contributed by atoms with E-state index >= 15 is 0 Å². The molecule has 0 aromatic heterocycles. The molecular weight excluding hydrogens is 276 g/mol. The standard InChI is InChI=1S/C14H12N2O3S/c15-12(17)9-16-13(18)11(20-14(16)19)8-4-7-10-5-2-1-3-6-10/h1-8H,9H2,(H2,15,17)/b7-4+,11-8-. The molecule has 0 spiro atoms. The molecule has 0 unspecified atom stereocenters. The molecule has 0 aliphatic carbocycles. The number of allylic oxidation sites excluding steroid dienone is 2. The Morgan fingerprint density at radius 1 is 1.25 bits per heavy atom. The van der Waals surface area contributed by atoms with Crippen molar-refractivity contribution in [1.29, 1.82) is 0 Å². The van der Waals surface area contributed by atoms with E-state index in [4.69, 9.17) is 5.73 Å². The number of rotatable bonds is 4. The third kappa shape index (κ3) is 3.36. The van der Waals surface area contributed by atoms with Crippen LogP contribution in [-0.2, 0) is 9.59 Å². The number of amides is 3. The van der Waals surface area contributed by atoms with Gasteiger partial charge in [0.1, 0.15) is 6.54 Å². The topological polar surface area (TPSA) is 80.5 Å². The summed E-state index contributed by atoms with van der Waals surface area (Å²) in [5.41, 5.74) is 5.98. The fraction of sp³-hybridized carbons (Fsp3) is 0.0714. The lowest BCUT2D eigenvalue weighted by Crippen LogP contribution is -2.36. The Labute approximate surface area is 120 Å². The second-order valence-corrected chi connectivity index (χ2v) is 5.02. The second-order valence-electron chi connectivity index (χ2n) is 4.03. The predicted octanol–water partition coefficient (Wildman–Crippen LogP) is 1.76. The first kappa shape index (κ1) is 14.1. The molecule has 1 aliphatic rings. The average molecular weight is 288 g/mol. The van der Waals surface area contributed by atoms with Crippen LogP contribution < -0.4 is 5.73 Å². The maximum absolute atomic E-state index is 11.9. The van der Waals surface area contributed by atoms with Crippen molar-refractivity contribution >= 4 is 34.9 Å². The molecule has 20 heavy (non-hydrogen) atoms. The van der Waals surface area contributed by atoms with E-state index in [9.17, 15) is 14.4 Å². The van der Waals surface area contributed by atoms with Crippen molar-refractivity contribution in [3.05, 3.63) is 53.0 Å². The normalized spacial score (nSPS) is 17.4. The molecule has 1 saturated heterocycles. The molecule has 102 valence electrons. The quantitative estimate of drug-likeness (QED) is 0.856. The van der Waals surface area contributed by atoms with Gasteiger partial charge in [-0.25, -0.2) is 0 Å².